The summed E-state index contributed by atoms with van der Waals surface area (Å²) in [5.74, 6) is -2.55. The Bertz CT molecular complexity index is 940. The van der Waals surface area contributed by atoms with Crippen molar-refractivity contribution in [2.45, 2.75) is 19.5 Å². The predicted molar refractivity (Wildman–Crippen MR) is 91.3 cm³/mol. The first-order valence-electron chi connectivity index (χ1n) is 8.07. The average molecular weight is 371 g/mol. The molecule has 27 heavy (non-hydrogen) atoms. The Morgan fingerprint density at radius 3 is 2.85 bits per heavy atom. The second kappa shape index (κ2) is 7.37. The van der Waals surface area contributed by atoms with Crippen molar-refractivity contribution in [3.05, 3.63) is 58.9 Å². The number of hydrogen-bond acceptors (Lipinski definition) is 4. The molecule has 0 radical (unpaired) electrons. The van der Waals surface area contributed by atoms with E-state index in [1.54, 1.807) is 19.1 Å². The van der Waals surface area contributed by atoms with Crippen LogP contribution >= 0.6 is 0 Å². The summed E-state index contributed by atoms with van der Waals surface area (Å²) < 4.78 is 27.3. The number of urea groups is 1. The van der Waals surface area contributed by atoms with Gasteiger partial charge in [-0.2, -0.15) is 5.26 Å². The van der Waals surface area contributed by atoms with Crippen molar-refractivity contribution < 1.29 is 18.4 Å². The molecule has 9 heteroatoms. The molecule has 1 aromatic heterocycles. The Morgan fingerprint density at radius 2 is 2.19 bits per heavy atom. The third kappa shape index (κ3) is 3.84. The van der Waals surface area contributed by atoms with Crippen LogP contribution in [0.2, 0.25) is 0 Å². The highest BCUT2D eigenvalue weighted by atomic mass is 19.2. The van der Waals surface area contributed by atoms with Crippen LogP contribution in [0.1, 0.15) is 29.8 Å². The van der Waals surface area contributed by atoms with Crippen LogP contribution in [0.3, 0.4) is 0 Å². The first-order valence-corrected chi connectivity index (χ1v) is 8.07. The molecule has 0 saturated carbocycles. The number of nitriles is 1. The van der Waals surface area contributed by atoms with Crippen LogP contribution < -0.4 is 10.6 Å². The van der Waals surface area contributed by atoms with E-state index >= 15 is 0 Å². The summed E-state index contributed by atoms with van der Waals surface area (Å²) in [6.45, 7) is 1.15. The van der Waals surface area contributed by atoms with E-state index in [-0.39, 0.29) is 24.3 Å². The lowest BCUT2D eigenvalue weighted by atomic mass is 10.1. The zero-order valence-electron chi connectivity index (χ0n) is 14.3. The normalized spacial score (nSPS) is 14.0. The Hall–Kier alpha value is -3.54. The monoisotopic (exact) mass is 371 g/mol. The summed E-state index contributed by atoms with van der Waals surface area (Å²) in [6, 6.07) is 6.33. The Kier molecular flexibility index (Phi) is 4.98. The highest BCUT2D eigenvalue weighted by Crippen LogP contribution is 2.27. The fourth-order valence-electron chi connectivity index (χ4n) is 2.71. The van der Waals surface area contributed by atoms with E-state index in [4.69, 9.17) is 5.26 Å². The number of anilines is 1. The number of nitrogens with one attached hydrogen (secondary N) is 2. The molecule has 2 heterocycles. The zero-order valence-corrected chi connectivity index (χ0v) is 14.3. The van der Waals surface area contributed by atoms with Gasteiger partial charge in [0.15, 0.2) is 11.6 Å². The summed E-state index contributed by atoms with van der Waals surface area (Å²) in [4.78, 5) is 29.5. The average Bonchev–Trinajstić information content (AvgIpc) is 2.66. The zero-order chi connectivity index (χ0) is 19.6. The quantitative estimate of drug-likeness (QED) is 0.863. The van der Waals surface area contributed by atoms with Crippen molar-refractivity contribution in [2.24, 2.45) is 0 Å². The van der Waals surface area contributed by atoms with Crippen LogP contribution in [-0.2, 0) is 11.3 Å². The molecule has 1 aliphatic rings. The third-order valence-electron chi connectivity index (χ3n) is 4.14. The minimum Gasteiger partial charge on any atom is -0.346 e. The lowest BCUT2D eigenvalue weighted by Gasteiger charge is -2.29. The number of amides is 3. The third-order valence-corrected chi connectivity index (χ3v) is 4.14. The molecular weight excluding hydrogens is 356 g/mol. The molecule has 2 aromatic rings. The first-order chi connectivity index (χ1) is 12.9. The standard InChI is InChI=1S/C18H15F2N5O2/c1-10(14-4-2-11(6-21)7-22-14)23-16(26)9-25-8-12-15(24-18(25)27)5-3-13(19)17(12)20/h2-5,7,10H,8-9H2,1H3,(H,23,26)(H,24,27)/t10-/m1/s1. The lowest BCUT2D eigenvalue weighted by molar-refractivity contribution is -0.122. The van der Waals surface area contributed by atoms with Gasteiger partial charge >= 0.3 is 6.03 Å². The summed E-state index contributed by atoms with van der Waals surface area (Å²) in [5.41, 5.74) is 1.12. The largest absolute Gasteiger partial charge is 0.346 e. The molecule has 138 valence electrons. The van der Waals surface area contributed by atoms with Gasteiger partial charge in [0, 0.05) is 11.8 Å². The van der Waals surface area contributed by atoms with Crippen molar-refractivity contribution in [3.8, 4) is 6.07 Å². The molecular formula is C18H15F2N5O2. The predicted octanol–water partition coefficient (Wildman–Crippen LogP) is 2.46. The first kappa shape index (κ1) is 18.3. The molecule has 2 N–H and O–H groups in total. The molecule has 0 aliphatic carbocycles. The molecule has 1 atom stereocenters. The van der Waals surface area contributed by atoms with Crippen molar-refractivity contribution >= 4 is 17.6 Å². The number of fused-ring (bicyclic) bond motifs is 1. The van der Waals surface area contributed by atoms with E-state index in [2.05, 4.69) is 15.6 Å². The van der Waals surface area contributed by atoms with E-state index < -0.39 is 29.6 Å². The second-order valence-corrected chi connectivity index (χ2v) is 6.05. The Morgan fingerprint density at radius 1 is 1.41 bits per heavy atom. The second-order valence-electron chi connectivity index (χ2n) is 6.05. The van der Waals surface area contributed by atoms with Crippen LogP contribution in [-0.4, -0.2) is 28.4 Å². The summed E-state index contributed by atoms with van der Waals surface area (Å²) in [6.07, 6.45) is 1.39. The highest BCUT2D eigenvalue weighted by Gasteiger charge is 2.28. The Balaban J connectivity index is 1.66. The molecule has 7 nitrogen and oxygen atoms in total. The highest BCUT2D eigenvalue weighted by molar-refractivity contribution is 5.94. The molecule has 3 rings (SSSR count). The molecule has 0 spiro atoms. The van der Waals surface area contributed by atoms with Crippen molar-refractivity contribution in [3.63, 3.8) is 0 Å². The van der Waals surface area contributed by atoms with E-state index in [9.17, 15) is 18.4 Å². The van der Waals surface area contributed by atoms with Crippen LogP contribution in [0.15, 0.2) is 30.5 Å². The van der Waals surface area contributed by atoms with E-state index in [0.717, 1.165) is 11.0 Å². The van der Waals surface area contributed by atoms with Gasteiger partial charge in [0.25, 0.3) is 0 Å². The number of carbonyl (C=O) groups excluding carboxylic acids is 2. The molecule has 1 aliphatic heterocycles. The topological polar surface area (TPSA) is 98.1 Å². The SMILES string of the molecule is C[C@@H](NC(=O)CN1Cc2c(ccc(F)c2F)NC1=O)c1ccc(C#N)cn1. The van der Waals surface area contributed by atoms with Crippen molar-refractivity contribution in [1.82, 2.24) is 15.2 Å². The van der Waals surface area contributed by atoms with Gasteiger partial charge in [0.2, 0.25) is 5.91 Å². The Labute approximate surface area is 153 Å². The number of carbonyl (C=O) groups is 2. The van der Waals surface area contributed by atoms with Gasteiger partial charge in [-0.1, -0.05) is 0 Å². The van der Waals surface area contributed by atoms with Crippen molar-refractivity contribution in [2.75, 3.05) is 11.9 Å². The van der Waals surface area contributed by atoms with Gasteiger partial charge in [-0.05, 0) is 31.2 Å². The van der Waals surface area contributed by atoms with Gasteiger partial charge in [0.05, 0.1) is 29.5 Å². The van der Waals surface area contributed by atoms with Gasteiger partial charge in [-0.15, -0.1) is 0 Å². The van der Waals surface area contributed by atoms with E-state index in [0.29, 0.717) is 11.3 Å². The number of rotatable bonds is 4. The van der Waals surface area contributed by atoms with Gasteiger partial charge in [-0.3, -0.25) is 9.78 Å². The minimum absolute atomic E-state index is 0.00999. The number of halogens is 2. The number of benzene rings is 1. The maximum Gasteiger partial charge on any atom is 0.322 e. The fourth-order valence-corrected chi connectivity index (χ4v) is 2.71. The summed E-state index contributed by atoms with van der Waals surface area (Å²) >= 11 is 0. The van der Waals surface area contributed by atoms with Gasteiger partial charge < -0.3 is 15.5 Å². The maximum atomic E-state index is 13.9. The van der Waals surface area contributed by atoms with Crippen LogP contribution in [0.4, 0.5) is 19.3 Å². The van der Waals surface area contributed by atoms with Crippen LogP contribution in [0.5, 0.6) is 0 Å². The van der Waals surface area contributed by atoms with E-state index in [1.165, 1.54) is 12.3 Å². The summed E-state index contributed by atoms with van der Waals surface area (Å²) in [7, 11) is 0. The lowest BCUT2D eigenvalue weighted by Crippen LogP contribution is -2.45. The summed E-state index contributed by atoms with van der Waals surface area (Å²) in [5, 5.41) is 13.9. The number of hydrogen-bond donors (Lipinski definition) is 2. The van der Waals surface area contributed by atoms with E-state index in [1.807, 2.05) is 6.07 Å². The molecule has 3 amide bonds. The van der Waals surface area contributed by atoms with Crippen LogP contribution in [0, 0.1) is 23.0 Å². The number of aromatic nitrogens is 1. The van der Waals surface area contributed by atoms with Gasteiger partial charge in [0.1, 0.15) is 12.6 Å². The van der Waals surface area contributed by atoms with Crippen molar-refractivity contribution in [1.29, 1.82) is 5.26 Å². The molecule has 0 unspecified atom stereocenters. The maximum absolute atomic E-state index is 13.9. The molecule has 0 bridgehead atoms. The van der Waals surface area contributed by atoms with Crippen LogP contribution in [0.25, 0.3) is 0 Å². The minimum atomic E-state index is -1.05. The van der Waals surface area contributed by atoms with Gasteiger partial charge in [-0.25, -0.2) is 13.6 Å². The number of nitrogens with zero attached hydrogens (tertiary/aromatic N) is 3. The number of pyridine rings is 1. The fraction of sp³-hybridized carbons (Fsp3) is 0.222. The smallest absolute Gasteiger partial charge is 0.322 e. The molecule has 0 saturated heterocycles. The molecule has 1 aromatic carbocycles. The molecule has 0 fully saturated rings.